The Kier molecular flexibility index (Phi) is 3.95. The number of piperidine rings is 1. The van der Waals surface area contributed by atoms with E-state index < -0.39 is 5.60 Å². The second-order valence-corrected chi connectivity index (χ2v) is 7.02. The molecule has 1 aliphatic heterocycles. The SMILES string of the molecule is Cc1cc(N2CCC(C(=O)OC(C)(C)C)CC2)n2ncnc2n1. The minimum absolute atomic E-state index is 0.0281. The van der Waals surface area contributed by atoms with Crippen molar-refractivity contribution in [3.8, 4) is 0 Å². The zero-order valence-electron chi connectivity index (χ0n) is 14.1. The van der Waals surface area contributed by atoms with Crippen LogP contribution in [0.5, 0.6) is 0 Å². The minimum Gasteiger partial charge on any atom is -0.460 e. The van der Waals surface area contributed by atoms with Crippen LogP contribution in [0.3, 0.4) is 0 Å². The molecule has 2 aromatic rings. The Morgan fingerprint density at radius 1 is 1.30 bits per heavy atom. The zero-order valence-corrected chi connectivity index (χ0v) is 14.1. The van der Waals surface area contributed by atoms with Gasteiger partial charge in [0.2, 0.25) is 0 Å². The lowest BCUT2D eigenvalue weighted by atomic mass is 9.96. The van der Waals surface area contributed by atoms with Crippen LogP contribution in [0.15, 0.2) is 12.4 Å². The molecule has 0 bridgehead atoms. The van der Waals surface area contributed by atoms with Gasteiger partial charge in [0, 0.05) is 24.8 Å². The van der Waals surface area contributed by atoms with Crippen molar-refractivity contribution in [2.45, 2.75) is 46.1 Å². The van der Waals surface area contributed by atoms with Crippen molar-refractivity contribution in [1.29, 1.82) is 0 Å². The molecule has 0 aliphatic carbocycles. The Bertz CT molecular complexity index is 711. The van der Waals surface area contributed by atoms with Gasteiger partial charge in [-0.1, -0.05) is 0 Å². The molecule has 23 heavy (non-hydrogen) atoms. The molecule has 1 saturated heterocycles. The van der Waals surface area contributed by atoms with Crippen molar-refractivity contribution in [3.05, 3.63) is 18.1 Å². The number of carbonyl (C=O) groups is 1. The maximum atomic E-state index is 12.2. The molecule has 2 aromatic heterocycles. The van der Waals surface area contributed by atoms with Gasteiger partial charge in [-0.25, -0.2) is 4.98 Å². The number of fused-ring (bicyclic) bond motifs is 1. The number of esters is 1. The van der Waals surface area contributed by atoms with Gasteiger partial charge in [-0.15, -0.1) is 0 Å². The van der Waals surface area contributed by atoms with Crippen LogP contribution in [-0.4, -0.2) is 44.2 Å². The summed E-state index contributed by atoms with van der Waals surface area (Å²) < 4.78 is 7.25. The summed E-state index contributed by atoms with van der Waals surface area (Å²) in [5, 5.41) is 4.25. The predicted octanol–water partition coefficient (Wildman–Crippen LogP) is 1.99. The fourth-order valence-electron chi connectivity index (χ4n) is 2.87. The Morgan fingerprint density at radius 2 is 2.00 bits per heavy atom. The smallest absolute Gasteiger partial charge is 0.309 e. The summed E-state index contributed by atoms with van der Waals surface area (Å²) in [6.45, 7) is 9.25. The van der Waals surface area contributed by atoms with Crippen molar-refractivity contribution < 1.29 is 9.53 Å². The van der Waals surface area contributed by atoms with Crippen molar-refractivity contribution >= 4 is 17.6 Å². The average molecular weight is 317 g/mol. The highest BCUT2D eigenvalue weighted by atomic mass is 16.6. The van der Waals surface area contributed by atoms with E-state index in [1.807, 2.05) is 33.8 Å². The maximum Gasteiger partial charge on any atom is 0.309 e. The number of aromatic nitrogens is 4. The molecule has 0 radical (unpaired) electrons. The van der Waals surface area contributed by atoms with Gasteiger partial charge in [-0.3, -0.25) is 4.79 Å². The third kappa shape index (κ3) is 3.43. The van der Waals surface area contributed by atoms with Crippen LogP contribution in [0.1, 0.15) is 39.3 Å². The summed E-state index contributed by atoms with van der Waals surface area (Å²) in [6, 6.07) is 2.01. The Morgan fingerprint density at radius 3 is 2.65 bits per heavy atom. The fraction of sp³-hybridized carbons (Fsp3) is 0.625. The number of aryl methyl sites for hydroxylation is 1. The molecule has 0 unspecified atom stereocenters. The lowest BCUT2D eigenvalue weighted by Gasteiger charge is -2.33. The summed E-state index contributed by atoms with van der Waals surface area (Å²) in [5.41, 5.74) is 0.485. The van der Waals surface area contributed by atoms with E-state index >= 15 is 0 Å². The van der Waals surface area contributed by atoms with Crippen LogP contribution in [-0.2, 0) is 9.53 Å². The molecule has 3 heterocycles. The van der Waals surface area contributed by atoms with Gasteiger partial charge in [0.25, 0.3) is 5.78 Å². The standard InChI is InChI=1S/C16H23N5O2/c1-11-9-13(21-15(19-11)17-10-18-21)20-7-5-12(6-8-20)14(22)23-16(2,3)4/h9-10,12H,5-8H2,1-4H3. The van der Waals surface area contributed by atoms with Crippen molar-refractivity contribution in [1.82, 2.24) is 19.6 Å². The monoisotopic (exact) mass is 317 g/mol. The molecule has 7 nitrogen and oxygen atoms in total. The van der Waals surface area contributed by atoms with E-state index in [-0.39, 0.29) is 11.9 Å². The molecule has 3 rings (SSSR count). The topological polar surface area (TPSA) is 72.6 Å². The summed E-state index contributed by atoms with van der Waals surface area (Å²) in [7, 11) is 0. The maximum absolute atomic E-state index is 12.2. The average Bonchev–Trinajstić information content (AvgIpc) is 2.93. The lowest BCUT2D eigenvalue weighted by molar-refractivity contribution is -0.160. The second-order valence-electron chi connectivity index (χ2n) is 7.02. The first kappa shape index (κ1) is 15.7. The van der Waals surface area contributed by atoms with E-state index in [0.29, 0.717) is 5.78 Å². The largest absolute Gasteiger partial charge is 0.460 e. The number of ether oxygens (including phenoxy) is 1. The highest BCUT2D eigenvalue weighted by molar-refractivity contribution is 5.73. The van der Waals surface area contributed by atoms with Crippen LogP contribution in [0, 0.1) is 12.8 Å². The number of hydrogen-bond donors (Lipinski definition) is 0. The van der Waals surface area contributed by atoms with E-state index in [0.717, 1.165) is 37.4 Å². The van der Waals surface area contributed by atoms with Crippen LogP contribution in [0.2, 0.25) is 0 Å². The van der Waals surface area contributed by atoms with Gasteiger partial charge >= 0.3 is 5.97 Å². The van der Waals surface area contributed by atoms with E-state index in [1.54, 1.807) is 4.52 Å². The Labute approximate surface area is 135 Å². The molecule has 124 valence electrons. The van der Waals surface area contributed by atoms with Crippen molar-refractivity contribution in [2.75, 3.05) is 18.0 Å². The van der Waals surface area contributed by atoms with Crippen LogP contribution < -0.4 is 4.90 Å². The number of nitrogens with zero attached hydrogens (tertiary/aromatic N) is 5. The van der Waals surface area contributed by atoms with Crippen LogP contribution >= 0.6 is 0 Å². The molecule has 0 amide bonds. The summed E-state index contributed by atoms with van der Waals surface area (Å²) >= 11 is 0. The molecule has 7 heteroatoms. The normalized spacial score (nSPS) is 16.8. The van der Waals surface area contributed by atoms with Gasteiger partial charge in [-0.05, 0) is 40.5 Å². The first-order valence-electron chi connectivity index (χ1n) is 7.99. The predicted molar refractivity (Wildman–Crippen MR) is 86.3 cm³/mol. The number of hydrogen-bond acceptors (Lipinski definition) is 6. The molecule has 0 N–H and O–H groups in total. The first-order chi connectivity index (χ1) is 10.8. The summed E-state index contributed by atoms with van der Waals surface area (Å²) in [4.78, 5) is 23.0. The third-order valence-electron chi connectivity index (χ3n) is 3.92. The van der Waals surface area contributed by atoms with E-state index in [9.17, 15) is 4.79 Å². The van der Waals surface area contributed by atoms with Crippen molar-refractivity contribution in [3.63, 3.8) is 0 Å². The molecular weight excluding hydrogens is 294 g/mol. The third-order valence-corrected chi connectivity index (χ3v) is 3.92. The molecule has 1 aliphatic rings. The molecule has 0 atom stereocenters. The quantitative estimate of drug-likeness (QED) is 0.789. The van der Waals surface area contributed by atoms with Gasteiger partial charge < -0.3 is 9.64 Å². The van der Waals surface area contributed by atoms with Gasteiger partial charge in [0.1, 0.15) is 17.7 Å². The first-order valence-corrected chi connectivity index (χ1v) is 7.99. The zero-order chi connectivity index (χ0) is 16.6. The summed E-state index contributed by atoms with van der Waals surface area (Å²) in [5.74, 6) is 1.47. The Hall–Kier alpha value is -2.18. The molecule has 0 saturated carbocycles. The highest BCUT2D eigenvalue weighted by Crippen LogP contribution is 2.25. The molecule has 0 spiro atoms. The van der Waals surface area contributed by atoms with E-state index in [4.69, 9.17) is 4.74 Å². The number of carbonyl (C=O) groups excluding carboxylic acids is 1. The molecule has 1 fully saturated rings. The van der Waals surface area contributed by atoms with Crippen molar-refractivity contribution in [2.24, 2.45) is 5.92 Å². The molecular formula is C16H23N5O2. The van der Waals surface area contributed by atoms with Crippen LogP contribution in [0.25, 0.3) is 5.78 Å². The second kappa shape index (κ2) is 5.79. The Balaban J connectivity index is 1.71. The van der Waals surface area contributed by atoms with Gasteiger partial charge in [0.05, 0.1) is 5.92 Å². The van der Waals surface area contributed by atoms with Gasteiger partial charge in [0.15, 0.2) is 0 Å². The fourth-order valence-corrected chi connectivity index (χ4v) is 2.87. The van der Waals surface area contributed by atoms with E-state index in [2.05, 4.69) is 20.0 Å². The highest BCUT2D eigenvalue weighted by Gasteiger charge is 2.30. The van der Waals surface area contributed by atoms with E-state index in [1.165, 1.54) is 6.33 Å². The summed E-state index contributed by atoms with van der Waals surface area (Å²) in [6.07, 6.45) is 3.08. The van der Waals surface area contributed by atoms with Gasteiger partial charge in [-0.2, -0.15) is 14.6 Å². The number of anilines is 1. The minimum atomic E-state index is -0.427. The van der Waals surface area contributed by atoms with Crippen LogP contribution in [0.4, 0.5) is 5.82 Å². The number of rotatable bonds is 2. The lowest BCUT2D eigenvalue weighted by Crippen LogP contribution is -2.39. The molecule has 0 aromatic carbocycles.